The van der Waals surface area contributed by atoms with E-state index < -0.39 is 22.2 Å². The molecule has 96 valence electrons. The van der Waals surface area contributed by atoms with Crippen LogP contribution in [0, 0.1) is 0 Å². The van der Waals surface area contributed by atoms with Gasteiger partial charge in [0.2, 0.25) is 0 Å². The molecule has 0 aromatic carbocycles. The van der Waals surface area contributed by atoms with Crippen LogP contribution in [0.4, 0.5) is 0 Å². The van der Waals surface area contributed by atoms with Gasteiger partial charge in [-0.05, 0) is 6.42 Å². The van der Waals surface area contributed by atoms with Crippen molar-refractivity contribution in [2.45, 2.75) is 12.5 Å². The summed E-state index contributed by atoms with van der Waals surface area (Å²) in [5.41, 5.74) is 5.24. The largest absolute Gasteiger partial charge is 0.480 e. The van der Waals surface area contributed by atoms with E-state index in [9.17, 15) is 13.2 Å². The summed E-state index contributed by atoms with van der Waals surface area (Å²) in [6.07, 6.45) is -0.00449. The minimum atomic E-state index is -3.85. The highest BCUT2D eigenvalue weighted by Gasteiger charge is 2.20. The minimum absolute atomic E-state index is 0.00449. The summed E-state index contributed by atoms with van der Waals surface area (Å²) >= 11 is 0. The van der Waals surface area contributed by atoms with Gasteiger partial charge < -0.3 is 15.6 Å². The summed E-state index contributed by atoms with van der Waals surface area (Å²) in [5, 5.41) is 13.5. The molecule has 0 amide bonds. The molecule has 9 heteroatoms. The smallest absolute Gasteiger partial charge is 0.320 e. The molecule has 5 N–H and O–H groups in total. The van der Waals surface area contributed by atoms with Crippen LogP contribution < -0.4 is 10.9 Å². The van der Waals surface area contributed by atoms with Crippen molar-refractivity contribution in [3.05, 3.63) is 0 Å². The number of nitrogens with two attached hydrogens (primary N) is 2. The molecule has 0 spiro atoms. The molecule has 0 fully saturated rings. The van der Waals surface area contributed by atoms with Crippen LogP contribution >= 0.6 is 0 Å². The maximum absolute atomic E-state index is 11.1. The van der Waals surface area contributed by atoms with Crippen LogP contribution in [0.1, 0.15) is 6.42 Å². The summed E-state index contributed by atoms with van der Waals surface area (Å²) in [6.45, 7) is 0.204. The molecule has 8 nitrogen and oxygen atoms in total. The molecule has 0 aliphatic heterocycles. The number of aliphatic carboxylic acids is 1. The molecule has 0 aliphatic rings. The lowest BCUT2D eigenvalue weighted by Crippen LogP contribution is -2.42. The van der Waals surface area contributed by atoms with E-state index in [0.717, 1.165) is 4.31 Å². The Balaban J connectivity index is 4.28. The van der Waals surface area contributed by atoms with Gasteiger partial charge in [0, 0.05) is 20.2 Å². The second kappa shape index (κ2) is 6.76. The normalized spacial score (nSPS) is 14.0. The van der Waals surface area contributed by atoms with E-state index in [0.29, 0.717) is 0 Å². The topological polar surface area (TPSA) is 136 Å². The van der Waals surface area contributed by atoms with Crippen LogP contribution in [0.3, 0.4) is 0 Å². The van der Waals surface area contributed by atoms with Gasteiger partial charge in [-0.15, -0.1) is 0 Å². The zero-order valence-corrected chi connectivity index (χ0v) is 9.81. The summed E-state index contributed by atoms with van der Waals surface area (Å²) in [7, 11) is -2.43. The molecule has 0 saturated carbocycles. The first kappa shape index (κ1) is 15.3. The zero-order chi connectivity index (χ0) is 12.8. The van der Waals surface area contributed by atoms with Gasteiger partial charge in [-0.2, -0.15) is 12.7 Å². The molecule has 0 rings (SSSR count). The standard InChI is InChI=1S/C7H17N3O5S/c1-15-5-4-10(16(9,13)14)3-2-6(8)7(11)12/h6H,2-5,8H2,1H3,(H,11,12)(H2,9,13,14)/t6-/m0/s1. The van der Waals surface area contributed by atoms with Gasteiger partial charge in [-0.25, -0.2) is 5.14 Å². The van der Waals surface area contributed by atoms with Gasteiger partial charge in [0.05, 0.1) is 6.61 Å². The Bertz CT molecular complexity index is 318. The number of ether oxygens (including phenoxy) is 1. The number of carboxylic acids is 1. The molecule has 1 atom stereocenters. The Kier molecular flexibility index (Phi) is 6.45. The van der Waals surface area contributed by atoms with Crippen LogP contribution in [0.2, 0.25) is 0 Å². The molecule has 0 aromatic heterocycles. The first-order valence-corrected chi connectivity index (χ1v) is 6.04. The molecule has 0 heterocycles. The van der Waals surface area contributed by atoms with Crippen molar-refractivity contribution in [3.8, 4) is 0 Å². The van der Waals surface area contributed by atoms with Crippen molar-refractivity contribution in [1.29, 1.82) is 0 Å². The number of hydrogen-bond donors (Lipinski definition) is 3. The molecule has 0 bridgehead atoms. The van der Waals surface area contributed by atoms with Gasteiger partial charge >= 0.3 is 5.97 Å². The van der Waals surface area contributed by atoms with Crippen LogP contribution in [-0.2, 0) is 19.7 Å². The molecule has 0 aliphatic carbocycles. The van der Waals surface area contributed by atoms with E-state index in [1.807, 2.05) is 0 Å². The van der Waals surface area contributed by atoms with E-state index in [-0.39, 0.29) is 26.1 Å². The lowest BCUT2D eigenvalue weighted by atomic mass is 10.2. The number of nitrogens with zero attached hydrogens (tertiary/aromatic N) is 1. The zero-order valence-electron chi connectivity index (χ0n) is 9.00. The van der Waals surface area contributed by atoms with E-state index in [1.54, 1.807) is 0 Å². The van der Waals surface area contributed by atoms with Gasteiger partial charge in [0.1, 0.15) is 6.04 Å². The number of rotatable bonds is 8. The lowest BCUT2D eigenvalue weighted by Gasteiger charge is -2.19. The van der Waals surface area contributed by atoms with Gasteiger partial charge in [-0.3, -0.25) is 4.79 Å². The number of carboxylic acid groups (broad SMARTS) is 1. The first-order chi connectivity index (χ1) is 7.29. The maximum atomic E-state index is 11.1. The van der Waals surface area contributed by atoms with Crippen molar-refractivity contribution in [3.63, 3.8) is 0 Å². The molecule has 0 radical (unpaired) electrons. The van der Waals surface area contributed by atoms with E-state index in [4.69, 9.17) is 20.7 Å². The molecular weight excluding hydrogens is 238 g/mol. The van der Waals surface area contributed by atoms with Crippen molar-refractivity contribution >= 4 is 16.2 Å². The van der Waals surface area contributed by atoms with Crippen LogP contribution in [0.25, 0.3) is 0 Å². The molecule has 0 saturated heterocycles. The third-order valence-corrected chi connectivity index (χ3v) is 3.00. The second-order valence-electron chi connectivity index (χ2n) is 3.17. The van der Waals surface area contributed by atoms with Crippen LogP contribution in [-0.4, -0.2) is 56.6 Å². The lowest BCUT2D eigenvalue weighted by molar-refractivity contribution is -0.138. The summed E-state index contributed by atoms with van der Waals surface area (Å²) in [6, 6.07) is -1.10. The van der Waals surface area contributed by atoms with E-state index >= 15 is 0 Å². The Morgan fingerprint density at radius 2 is 2.06 bits per heavy atom. The average molecular weight is 255 g/mol. The number of hydrogen-bond acceptors (Lipinski definition) is 5. The Morgan fingerprint density at radius 1 is 1.50 bits per heavy atom. The van der Waals surface area contributed by atoms with Gasteiger partial charge in [-0.1, -0.05) is 0 Å². The molecular formula is C7H17N3O5S. The van der Waals surface area contributed by atoms with E-state index in [2.05, 4.69) is 0 Å². The number of methoxy groups -OCH3 is 1. The van der Waals surface area contributed by atoms with Gasteiger partial charge in [0.25, 0.3) is 10.2 Å². The highest BCUT2D eigenvalue weighted by atomic mass is 32.2. The fourth-order valence-corrected chi connectivity index (χ4v) is 1.65. The van der Waals surface area contributed by atoms with Crippen molar-refractivity contribution < 1.29 is 23.1 Å². The van der Waals surface area contributed by atoms with Crippen molar-refractivity contribution in [2.24, 2.45) is 10.9 Å². The third kappa shape index (κ3) is 5.98. The Morgan fingerprint density at radius 3 is 2.44 bits per heavy atom. The monoisotopic (exact) mass is 255 g/mol. The fourth-order valence-electron chi connectivity index (χ4n) is 0.966. The predicted octanol–water partition coefficient (Wildman–Crippen LogP) is -2.06. The molecule has 0 unspecified atom stereocenters. The van der Waals surface area contributed by atoms with Gasteiger partial charge in [0.15, 0.2) is 0 Å². The van der Waals surface area contributed by atoms with E-state index in [1.165, 1.54) is 7.11 Å². The summed E-state index contributed by atoms with van der Waals surface area (Å²) < 4.78 is 27.8. The third-order valence-electron chi connectivity index (χ3n) is 1.91. The highest BCUT2D eigenvalue weighted by Crippen LogP contribution is 1.99. The van der Waals surface area contributed by atoms with Crippen LogP contribution in [0.5, 0.6) is 0 Å². The predicted molar refractivity (Wildman–Crippen MR) is 56.8 cm³/mol. The fraction of sp³-hybridized carbons (Fsp3) is 0.857. The average Bonchev–Trinajstić information content (AvgIpc) is 2.15. The van der Waals surface area contributed by atoms with Crippen molar-refractivity contribution in [2.75, 3.05) is 26.8 Å². The second-order valence-corrected chi connectivity index (χ2v) is 4.72. The SMILES string of the molecule is COCCN(CC[C@H](N)C(=O)O)S(N)(=O)=O. The Labute approximate surface area is 94.3 Å². The molecule has 16 heavy (non-hydrogen) atoms. The molecule has 0 aromatic rings. The van der Waals surface area contributed by atoms with Crippen molar-refractivity contribution in [1.82, 2.24) is 4.31 Å². The quantitative estimate of drug-likeness (QED) is 0.456. The first-order valence-electron chi connectivity index (χ1n) is 4.54. The number of carbonyl (C=O) groups is 1. The minimum Gasteiger partial charge on any atom is -0.480 e. The summed E-state index contributed by atoms with van der Waals surface area (Å²) in [4.78, 5) is 10.4. The summed E-state index contributed by atoms with van der Waals surface area (Å²) in [5.74, 6) is -1.18. The van der Waals surface area contributed by atoms with Crippen LogP contribution in [0.15, 0.2) is 0 Å². The maximum Gasteiger partial charge on any atom is 0.320 e. The Hall–Kier alpha value is -0.740. The highest BCUT2D eigenvalue weighted by molar-refractivity contribution is 7.86.